The van der Waals surface area contributed by atoms with Gasteiger partial charge in [-0.05, 0) is 18.6 Å². The van der Waals surface area contributed by atoms with Crippen LogP contribution >= 0.6 is 24.0 Å². The molecule has 7 nitrogen and oxygen atoms in total. The summed E-state index contributed by atoms with van der Waals surface area (Å²) in [5.41, 5.74) is 5.23. The number of hydrogen-bond acceptors (Lipinski definition) is 7. The Morgan fingerprint density at radius 2 is 2.39 bits per heavy atom. The highest BCUT2D eigenvalue weighted by molar-refractivity contribution is 7.99. The zero-order valence-corrected chi connectivity index (χ0v) is 10.9. The van der Waals surface area contributed by atoms with Gasteiger partial charge in [0.05, 0.1) is 0 Å². The molecular weight excluding hydrogens is 274 g/mol. The minimum Gasteiger partial charge on any atom is -0.414 e. The average molecular weight is 285 g/mol. The van der Waals surface area contributed by atoms with Crippen LogP contribution in [0.2, 0.25) is 0 Å². The van der Waals surface area contributed by atoms with Gasteiger partial charge in [-0.3, -0.25) is 4.79 Å². The standard InChI is InChI=1S/C9H11N5O2S2/c10-5-4-6(15)12-8(11-5)18-3-1-2-7-13-14-9(17)16-7/h4H,1-3H2,(H,14,17)(H3,10,11,12,15). The number of anilines is 1. The molecule has 0 fully saturated rings. The predicted octanol–water partition coefficient (Wildman–Crippen LogP) is 1.12. The van der Waals surface area contributed by atoms with E-state index < -0.39 is 0 Å². The molecule has 0 aromatic carbocycles. The lowest BCUT2D eigenvalue weighted by Crippen LogP contribution is -2.09. The molecular formula is C9H11N5O2S2. The van der Waals surface area contributed by atoms with E-state index in [0.29, 0.717) is 17.5 Å². The van der Waals surface area contributed by atoms with Crippen LogP contribution in [0.1, 0.15) is 12.3 Å². The number of rotatable bonds is 5. The minimum absolute atomic E-state index is 0.222. The van der Waals surface area contributed by atoms with E-state index in [0.717, 1.165) is 12.2 Å². The van der Waals surface area contributed by atoms with Gasteiger partial charge in [0.25, 0.3) is 10.4 Å². The van der Waals surface area contributed by atoms with Crippen LogP contribution in [0.3, 0.4) is 0 Å². The summed E-state index contributed by atoms with van der Waals surface area (Å²) < 4.78 is 5.12. The van der Waals surface area contributed by atoms with Crippen molar-refractivity contribution in [1.82, 2.24) is 20.2 Å². The van der Waals surface area contributed by atoms with E-state index in [1.54, 1.807) is 0 Å². The van der Waals surface area contributed by atoms with Crippen LogP contribution in [0, 0.1) is 4.84 Å². The first-order chi connectivity index (χ1) is 8.63. The third kappa shape index (κ3) is 3.70. The van der Waals surface area contributed by atoms with Gasteiger partial charge >= 0.3 is 0 Å². The molecule has 0 atom stereocenters. The van der Waals surface area contributed by atoms with Crippen molar-refractivity contribution in [3.63, 3.8) is 0 Å². The molecule has 96 valence electrons. The molecule has 2 heterocycles. The van der Waals surface area contributed by atoms with Gasteiger partial charge in [0.1, 0.15) is 5.82 Å². The first-order valence-electron chi connectivity index (χ1n) is 5.17. The molecule has 0 aliphatic rings. The molecule has 0 spiro atoms. The molecule has 0 aliphatic carbocycles. The zero-order chi connectivity index (χ0) is 13.0. The van der Waals surface area contributed by atoms with Crippen molar-refractivity contribution in [1.29, 1.82) is 0 Å². The van der Waals surface area contributed by atoms with Gasteiger partial charge < -0.3 is 15.1 Å². The number of aromatic amines is 2. The fraction of sp³-hybridized carbons (Fsp3) is 0.333. The number of aryl methyl sites for hydroxylation is 1. The number of aromatic nitrogens is 4. The summed E-state index contributed by atoms with van der Waals surface area (Å²) in [6.07, 6.45) is 1.50. The Balaban J connectivity index is 1.81. The number of thioether (sulfide) groups is 1. The Hall–Kier alpha value is -1.61. The number of nitrogens with one attached hydrogen (secondary N) is 2. The van der Waals surface area contributed by atoms with Crippen LogP contribution in [0.25, 0.3) is 0 Å². The first-order valence-corrected chi connectivity index (χ1v) is 6.57. The fourth-order valence-corrected chi connectivity index (χ4v) is 2.25. The molecule has 0 unspecified atom stereocenters. The molecule has 4 N–H and O–H groups in total. The molecule has 0 amide bonds. The van der Waals surface area contributed by atoms with Crippen LogP contribution in [-0.2, 0) is 6.42 Å². The Morgan fingerprint density at radius 3 is 3.06 bits per heavy atom. The van der Waals surface area contributed by atoms with E-state index in [1.165, 1.54) is 17.8 Å². The van der Waals surface area contributed by atoms with Crippen molar-refractivity contribution in [2.24, 2.45) is 0 Å². The van der Waals surface area contributed by atoms with Gasteiger partial charge in [0.2, 0.25) is 5.89 Å². The molecule has 0 aliphatic heterocycles. The molecule has 2 aromatic heterocycles. The lowest BCUT2D eigenvalue weighted by molar-refractivity contribution is 0.478. The minimum atomic E-state index is -0.247. The van der Waals surface area contributed by atoms with Gasteiger partial charge in [0.15, 0.2) is 5.16 Å². The maximum Gasteiger partial charge on any atom is 0.284 e. The maximum atomic E-state index is 11.1. The van der Waals surface area contributed by atoms with Crippen molar-refractivity contribution in [3.05, 3.63) is 27.1 Å². The van der Waals surface area contributed by atoms with E-state index in [2.05, 4.69) is 20.2 Å². The Bertz CT molecular complexity index is 632. The highest BCUT2D eigenvalue weighted by Gasteiger charge is 2.02. The molecule has 18 heavy (non-hydrogen) atoms. The monoisotopic (exact) mass is 285 g/mol. The lowest BCUT2D eigenvalue weighted by Gasteiger charge is -2.00. The number of nitrogen functional groups attached to an aromatic ring is 1. The largest absolute Gasteiger partial charge is 0.414 e. The van der Waals surface area contributed by atoms with Crippen LogP contribution in [-0.4, -0.2) is 25.9 Å². The van der Waals surface area contributed by atoms with Gasteiger partial charge in [0, 0.05) is 18.2 Å². The third-order valence-corrected chi connectivity index (χ3v) is 3.13. The van der Waals surface area contributed by atoms with E-state index >= 15 is 0 Å². The maximum absolute atomic E-state index is 11.1. The van der Waals surface area contributed by atoms with Crippen LogP contribution in [0.4, 0.5) is 5.82 Å². The second kappa shape index (κ2) is 5.83. The van der Waals surface area contributed by atoms with Crippen LogP contribution in [0.15, 0.2) is 20.4 Å². The SMILES string of the molecule is Nc1cc(=O)[nH]c(SCCCc2n[nH]c(=S)o2)n1. The van der Waals surface area contributed by atoms with Crippen molar-refractivity contribution in [2.75, 3.05) is 11.5 Å². The number of hydrogen-bond donors (Lipinski definition) is 3. The molecule has 0 saturated heterocycles. The molecule has 2 aromatic rings. The van der Waals surface area contributed by atoms with Crippen molar-refractivity contribution in [3.8, 4) is 0 Å². The zero-order valence-electron chi connectivity index (χ0n) is 9.30. The summed E-state index contributed by atoms with van der Waals surface area (Å²) in [7, 11) is 0. The molecule has 0 radical (unpaired) electrons. The summed E-state index contributed by atoms with van der Waals surface area (Å²) in [5, 5.41) is 6.96. The number of nitrogens with zero attached hydrogens (tertiary/aromatic N) is 2. The fourth-order valence-electron chi connectivity index (χ4n) is 1.28. The summed E-state index contributed by atoms with van der Waals surface area (Å²) in [5.74, 6) is 1.57. The molecule has 2 rings (SSSR count). The summed E-state index contributed by atoms with van der Waals surface area (Å²) in [6.45, 7) is 0. The van der Waals surface area contributed by atoms with Gasteiger partial charge in [-0.2, -0.15) is 0 Å². The van der Waals surface area contributed by atoms with Gasteiger partial charge in [-0.15, -0.1) is 5.10 Å². The van der Waals surface area contributed by atoms with E-state index in [4.69, 9.17) is 22.4 Å². The van der Waals surface area contributed by atoms with Crippen LogP contribution in [0.5, 0.6) is 0 Å². The van der Waals surface area contributed by atoms with E-state index in [9.17, 15) is 4.79 Å². The molecule has 0 saturated carbocycles. The highest BCUT2D eigenvalue weighted by Crippen LogP contribution is 2.14. The normalized spacial score (nSPS) is 10.7. The average Bonchev–Trinajstić information content (AvgIpc) is 2.69. The van der Waals surface area contributed by atoms with Crippen molar-refractivity contribution < 1.29 is 4.42 Å². The second-order valence-electron chi connectivity index (χ2n) is 3.43. The summed E-state index contributed by atoms with van der Waals surface area (Å²) in [4.78, 5) is 18.0. The molecule has 0 bridgehead atoms. The van der Waals surface area contributed by atoms with E-state index in [-0.39, 0.29) is 16.2 Å². The van der Waals surface area contributed by atoms with Gasteiger partial charge in [-0.25, -0.2) is 10.1 Å². The number of nitrogens with two attached hydrogens (primary N) is 1. The van der Waals surface area contributed by atoms with Gasteiger partial charge in [-0.1, -0.05) is 11.8 Å². The Morgan fingerprint density at radius 1 is 1.56 bits per heavy atom. The Labute approximate surface area is 111 Å². The quantitative estimate of drug-likeness (QED) is 0.326. The second-order valence-corrected chi connectivity index (χ2v) is 4.89. The number of H-pyrrole nitrogens is 2. The topological polar surface area (TPSA) is 114 Å². The third-order valence-electron chi connectivity index (χ3n) is 2.00. The van der Waals surface area contributed by atoms with Crippen molar-refractivity contribution in [2.45, 2.75) is 18.0 Å². The van der Waals surface area contributed by atoms with E-state index in [1.807, 2.05) is 0 Å². The Kier molecular flexibility index (Phi) is 4.15. The molecule has 9 heteroatoms. The first kappa shape index (κ1) is 12.8. The summed E-state index contributed by atoms with van der Waals surface area (Å²) >= 11 is 6.19. The lowest BCUT2D eigenvalue weighted by atomic mass is 10.3. The van der Waals surface area contributed by atoms with Crippen LogP contribution < -0.4 is 11.3 Å². The summed E-state index contributed by atoms with van der Waals surface area (Å²) in [6, 6.07) is 1.25. The van der Waals surface area contributed by atoms with Crippen molar-refractivity contribution >= 4 is 29.8 Å². The highest BCUT2D eigenvalue weighted by atomic mass is 32.2. The smallest absolute Gasteiger partial charge is 0.284 e. The predicted molar refractivity (Wildman–Crippen MR) is 70.0 cm³/mol.